The van der Waals surface area contributed by atoms with Crippen molar-refractivity contribution < 1.29 is 9.90 Å². The van der Waals surface area contributed by atoms with Crippen LogP contribution in [0, 0.1) is 6.92 Å². The molecule has 0 aromatic heterocycles. The molecule has 0 heterocycles. The predicted molar refractivity (Wildman–Crippen MR) is 72.2 cm³/mol. The highest BCUT2D eigenvalue weighted by Gasteiger charge is 2.29. The minimum Gasteiger partial charge on any atom is -0.508 e. The molecule has 0 aliphatic heterocycles. The summed E-state index contributed by atoms with van der Waals surface area (Å²) in [6.45, 7) is 2.38. The van der Waals surface area contributed by atoms with Crippen LogP contribution in [0.5, 0.6) is 5.75 Å². The molecular weight excluding hydrogens is 250 g/mol. The average Bonchev–Trinajstić information content (AvgIpc) is 2.29. The van der Waals surface area contributed by atoms with E-state index in [1.807, 2.05) is 11.8 Å². The zero-order chi connectivity index (χ0) is 13.1. The van der Waals surface area contributed by atoms with Gasteiger partial charge < -0.3 is 10.0 Å². The molecule has 0 atom stereocenters. The van der Waals surface area contributed by atoms with Gasteiger partial charge in [-0.15, -0.1) is 11.6 Å². The molecule has 4 heteroatoms. The maximum Gasteiger partial charge on any atom is 0.254 e. The first-order valence-corrected chi connectivity index (χ1v) is 6.83. The van der Waals surface area contributed by atoms with Crippen molar-refractivity contribution in [2.24, 2.45) is 0 Å². The van der Waals surface area contributed by atoms with E-state index >= 15 is 0 Å². The molecule has 1 aromatic carbocycles. The SMILES string of the molecule is Cc1ccc(C(=O)N(CCCl)C2CCC2)cc1O. The number of hydrogen-bond acceptors (Lipinski definition) is 2. The molecule has 1 saturated carbocycles. The van der Waals surface area contributed by atoms with Crippen molar-refractivity contribution in [1.29, 1.82) is 0 Å². The quantitative estimate of drug-likeness (QED) is 0.852. The lowest BCUT2D eigenvalue weighted by Crippen LogP contribution is -2.45. The number of phenols is 1. The van der Waals surface area contributed by atoms with Crippen LogP contribution in [0.25, 0.3) is 0 Å². The fourth-order valence-corrected chi connectivity index (χ4v) is 2.33. The van der Waals surface area contributed by atoms with Crippen LogP contribution in [0.15, 0.2) is 18.2 Å². The maximum absolute atomic E-state index is 12.4. The van der Waals surface area contributed by atoms with Crippen LogP contribution in [0.2, 0.25) is 0 Å². The summed E-state index contributed by atoms with van der Waals surface area (Å²) < 4.78 is 0. The standard InChI is InChI=1S/C14H18ClNO2/c1-10-5-6-11(9-13(10)17)14(18)16(8-7-15)12-3-2-4-12/h5-6,9,12,17H,2-4,7-8H2,1H3. The first kappa shape index (κ1) is 13.2. The monoisotopic (exact) mass is 267 g/mol. The van der Waals surface area contributed by atoms with Crippen molar-refractivity contribution in [3.8, 4) is 5.75 Å². The molecule has 1 aliphatic rings. The number of carbonyl (C=O) groups is 1. The normalized spacial score (nSPS) is 15.2. The minimum absolute atomic E-state index is 0.0318. The van der Waals surface area contributed by atoms with Crippen molar-refractivity contribution >= 4 is 17.5 Å². The van der Waals surface area contributed by atoms with Gasteiger partial charge in [0.25, 0.3) is 5.91 Å². The fourth-order valence-electron chi connectivity index (χ4n) is 2.15. The molecule has 1 aromatic rings. The number of alkyl halides is 1. The van der Waals surface area contributed by atoms with Gasteiger partial charge in [0.05, 0.1) is 0 Å². The Hall–Kier alpha value is -1.22. The summed E-state index contributed by atoms with van der Waals surface area (Å²) in [5, 5.41) is 9.67. The van der Waals surface area contributed by atoms with Crippen LogP contribution in [0.4, 0.5) is 0 Å². The Morgan fingerprint density at radius 1 is 1.50 bits per heavy atom. The van der Waals surface area contributed by atoms with Crippen LogP contribution in [-0.4, -0.2) is 34.4 Å². The van der Waals surface area contributed by atoms with E-state index in [1.54, 1.807) is 12.1 Å². The van der Waals surface area contributed by atoms with Crippen molar-refractivity contribution in [2.45, 2.75) is 32.2 Å². The molecule has 0 spiro atoms. The van der Waals surface area contributed by atoms with Gasteiger partial charge in [0.15, 0.2) is 0 Å². The number of rotatable bonds is 4. The van der Waals surface area contributed by atoms with E-state index in [9.17, 15) is 9.90 Å². The molecular formula is C14H18ClNO2. The van der Waals surface area contributed by atoms with Gasteiger partial charge in [0.1, 0.15) is 5.75 Å². The molecule has 1 N–H and O–H groups in total. The molecule has 18 heavy (non-hydrogen) atoms. The first-order chi connectivity index (χ1) is 8.63. The summed E-state index contributed by atoms with van der Waals surface area (Å²) in [6, 6.07) is 5.39. The van der Waals surface area contributed by atoms with Gasteiger partial charge in [0, 0.05) is 24.0 Å². The third-order valence-corrected chi connectivity index (χ3v) is 3.73. The number of halogens is 1. The maximum atomic E-state index is 12.4. The summed E-state index contributed by atoms with van der Waals surface area (Å²) in [6.07, 6.45) is 3.29. The first-order valence-electron chi connectivity index (χ1n) is 6.30. The second-order valence-corrected chi connectivity index (χ2v) is 5.15. The van der Waals surface area contributed by atoms with Crippen LogP contribution < -0.4 is 0 Å². The zero-order valence-corrected chi connectivity index (χ0v) is 11.3. The lowest BCUT2D eigenvalue weighted by atomic mass is 9.91. The van der Waals surface area contributed by atoms with Gasteiger partial charge in [-0.1, -0.05) is 6.07 Å². The van der Waals surface area contributed by atoms with Crippen LogP contribution in [-0.2, 0) is 0 Å². The molecule has 0 bridgehead atoms. The van der Waals surface area contributed by atoms with E-state index in [0.717, 1.165) is 18.4 Å². The van der Waals surface area contributed by atoms with Gasteiger partial charge in [0.2, 0.25) is 0 Å². The number of benzene rings is 1. The number of nitrogens with zero attached hydrogens (tertiary/aromatic N) is 1. The van der Waals surface area contributed by atoms with Gasteiger partial charge in [-0.25, -0.2) is 0 Å². The lowest BCUT2D eigenvalue weighted by molar-refractivity contribution is 0.0597. The summed E-state index contributed by atoms with van der Waals surface area (Å²) in [4.78, 5) is 14.2. The van der Waals surface area contributed by atoms with Gasteiger partial charge in [-0.2, -0.15) is 0 Å². The Morgan fingerprint density at radius 2 is 2.22 bits per heavy atom. The van der Waals surface area contributed by atoms with Crippen molar-refractivity contribution in [1.82, 2.24) is 4.90 Å². The zero-order valence-electron chi connectivity index (χ0n) is 10.5. The van der Waals surface area contributed by atoms with E-state index < -0.39 is 0 Å². The summed E-state index contributed by atoms with van der Waals surface area (Å²) in [5.41, 5.74) is 1.31. The highest BCUT2D eigenvalue weighted by atomic mass is 35.5. The molecule has 3 nitrogen and oxygen atoms in total. The van der Waals surface area contributed by atoms with E-state index in [0.29, 0.717) is 24.0 Å². The lowest BCUT2D eigenvalue weighted by Gasteiger charge is -2.37. The molecule has 1 aliphatic carbocycles. The number of hydrogen-bond donors (Lipinski definition) is 1. The Balaban J connectivity index is 2.18. The van der Waals surface area contributed by atoms with Gasteiger partial charge in [-0.3, -0.25) is 4.79 Å². The average molecular weight is 268 g/mol. The van der Waals surface area contributed by atoms with Crippen molar-refractivity contribution in [3.05, 3.63) is 29.3 Å². The molecule has 0 unspecified atom stereocenters. The summed E-state index contributed by atoms with van der Waals surface area (Å²) >= 11 is 5.77. The molecule has 1 fully saturated rings. The van der Waals surface area contributed by atoms with Crippen LogP contribution >= 0.6 is 11.6 Å². The van der Waals surface area contributed by atoms with Gasteiger partial charge in [-0.05, 0) is 43.9 Å². The third-order valence-electron chi connectivity index (χ3n) is 3.56. The highest BCUT2D eigenvalue weighted by molar-refractivity contribution is 6.18. The Kier molecular flexibility index (Phi) is 4.12. The third kappa shape index (κ3) is 2.61. The van der Waals surface area contributed by atoms with Crippen LogP contribution in [0.3, 0.4) is 0 Å². The predicted octanol–water partition coefficient (Wildman–Crippen LogP) is 2.93. The Morgan fingerprint density at radius 3 is 2.72 bits per heavy atom. The molecule has 0 saturated heterocycles. The number of aromatic hydroxyl groups is 1. The van der Waals surface area contributed by atoms with E-state index in [1.165, 1.54) is 12.5 Å². The van der Waals surface area contributed by atoms with Gasteiger partial charge >= 0.3 is 0 Å². The highest BCUT2D eigenvalue weighted by Crippen LogP contribution is 2.27. The second kappa shape index (κ2) is 5.61. The van der Waals surface area contributed by atoms with E-state index in [-0.39, 0.29) is 11.7 Å². The number of amides is 1. The fraction of sp³-hybridized carbons (Fsp3) is 0.500. The molecule has 98 valence electrons. The smallest absolute Gasteiger partial charge is 0.254 e. The summed E-state index contributed by atoms with van der Waals surface area (Å²) in [5.74, 6) is 0.580. The Labute approximate surface area is 112 Å². The molecule has 1 amide bonds. The number of carbonyl (C=O) groups excluding carboxylic acids is 1. The Bertz CT molecular complexity index is 443. The number of aryl methyl sites for hydroxylation is 1. The topological polar surface area (TPSA) is 40.5 Å². The van der Waals surface area contributed by atoms with Crippen LogP contribution in [0.1, 0.15) is 35.2 Å². The molecule has 0 radical (unpaired) electrons. The van der Waals surface area contributed by atoms with E-state index in [2.05, 4.69) is 0 Å². The van der Waals surface area contributed by atoms with E-state index in [4.69, 9.17) is 11.6 Å². The molecule has 2 rings (SSSR count). The number of phenolic OH excluding ortho intramolecular Hbond substituents is 1. The minimum atomic E-state index is -0.0318. The second-order valence-electron chi connectivity index (χ2n) is 4.77. The largest absolute Gasteiger partial charge is 0.508 e. The van der Waals surface area contributed by atoms with Crippen molar-refractivity contribution in [2.75, 3.05) is 12.4 Å². The summed E-state index contributed by atoms with van der Waals surface area (Å²) in [7, 11) is 0. The van der Waals surface area contributed by atoms with Crippen molar-refractivity contribution in [3.63, 3.8) is 0 Å².